The van der Waals surface area contributed by atoms with Gasteiger partial charge >= 0.3 is 0 Å². The van der Waals surface area contributed by atoms with Crippen LogP contribution < -0.4 is 9.64 Å². The van der Waals surface area contributed by atoms with Crippen LogP contribution in [0.15, 0.2) is 59.0 Å². The van der Waals surface area contributed by atoms with Crippen LogP contribution >= 0.6 is 11.6 Å². The molecule has 0 N–H and O–H groups in total. The van der Waals surface area contributed by atoms with Crippen LogP contribution in [0, 0.1) is 5.82 Å². The number of halogens is 2. The largest absolute Gasteiger partial charge is 0.486 e. The minimum atomic E-state index is -0.292. The number of benzene rings is 2. The van der Waals surface area contributed by atoms with Gasteiger partial charge in [-0.3, -0.25) is 4.79 Å². The Kier molecular flexibility index (Phi) is 5.09. The van der Waals surface area contributed by atoms with Gasteiger partial charge in [0.25, 0.3) is 5.91 Å². The lowest BCUT2D eigenvalue weighted by molar-refractivity contribution is 0.0944. The number of furan rings is 1. The van der Waals surface area contributed by atoms with E-state index < -0.39 is 0 Å². The van der Waals surface area contributed by atoms with Crippen molar-refractivity contribution in [1.82, 2.24) is 0 Å². The van der Waals surface area contributed by atoms with Gasteiger partial charge in [0.1, 0.15) is 23.9 Å². The number of fused-ring (bicyclic) bond motifs is 1. The quantitative estimate of drug-likeness (QED) is 0.570. The third-order valence-electron chi connectivity index (χ3n) is 4.84. The fourth-order valence-electron chi connectivity index (χ4n) is 3.43. The molecule has 1 aromatic heterocycles. The highest BCUT2D eigenvalue weighted by Gasteiger charge is 2.30. The second-order valence-corrected chi connectivity index (χ2v) is 7.28. The molecule has 0 radical (unpaired) electrons. The molecule has 0 fully saturated rings. The van der Waals surface area contributed by atoms with Crippen LogP contribution in [-0.2, 0) is 13.0 Å². The highest BCUT2D eigenvalue weighted by molar-refractivity contribution is 6.30. The van der Waals surface area contributed by atoms with Crippen molar-refractivity contribution in [2.24, 2.45) is 0 Å². The third kappa shape index (κ3) is 3.76. The standard InChI is InChI=1S/C22H19ClFNO3/c1-14-5-6-15-11-17(24)7-9-20(15)25(14)22(26)21-10-8-19(28-21)13-27-18-4-2-3-16(23)12-18/h2-4,7-12,14H,5-6,13H2,1H3/t14-/m0/s1. The Morgan fingerprint density at radius 1 is 1.25 bits per heavy atom. The molecule has 4 rings (SSSR count). The Hall–Kier alpha value is -2.79. The Morgan fingerprint density at radius 3 is 2.93 bits per heavy atom. The van der Waals surface area contributed by atoms with E-state index in [1.165, 1.54) is 12.1 Å². The van der Waals surface area contributed by atoms with E-state index in [-0.39, 0.29) is 30.1 Å². The van der Waals surface area contributed by atoms with E-state index >= 15 is 0 Å². The van der Waals surface area contributed by atoms with Gasteiger partial charge in [0.05, 0.1) is 0 Å². The molecule has 1 atom stereocenters. The van der Waals surface area contributed by atoms with Gasteiger partial charge in [0, 0.05) is 16.8 Å². The molecule has 144 valence electrons. The Labute approximate surface area is 167 Å². The van der Waals surface area contributed by atoms with Crippen LogP contribution in [0.1, 0.15) is 35.2 Å². The molecule has 0 aliphatic carbocycles. The average Bonchev–Trinajstić information content (AvgIpc) is 3.15. The average molecular weight is 400 g/mol. The monoisotopic (exact) mass is 399 g/mol. The van der Waals surface area contributed by atoms with Gasteiger partial charge in [0.2, 0.25) is 0 Å². The number of aryl methyl sites for hydroxylation is 1. The van der Waals surface area contributed by atoms with Crippen LogP contribution in [0.4, 0.5) is 10.1 Å². The first-order chi connectivity index (χ1) is 13.5. The van der Waals surface area contributed by atoms with Gasteiger partial charge in [-0.15, -0.1) is 0 Å². The van der Waals surface area contributed by atoms with Gasteiger partial charge in [-0.1, -0.05) is 17.7 Å². The number of rotatable bonds is 4. The van der Waals surface area contributed by atoms with Crippen LogP contribution in [0.2, 0.25) is 5.02 Å². The van der Waals surface area contributed by atoms with Gasteiger partial charge in [-0.25, -0.2) is 4.39 Å². The van der Waals surface area contributed by atoms with Crippen LogP contribution in [0.5, 0.6) is 5.75 Å². The summed E-state index contributed by atoms with van der Waals surface area (Å²) in [6.07, 6.45) is 1.52. The van der Waals surface area contributed by atoms with Crippen molar-refractivity contribution < 1.29 is 18.3 Å². The van der Waals surface area contributed by atoms with Gasteiger partial charge in [-0.05, 0) is 73.9 Å². The molecular weight excluding hydrogens is 381 g/mol. The summed E-state index contributed by atoms with van der Waals surface area (Å²) >= 11 is 5.95. The zero-order valence-electron chi connectivity index (χ0n) is 15.3. The lowest BCUT2D eigenvalue weighted by Gasteiger charge is -2.34. The number of ether oxygens (including phenoxy) is 1. The van der Waals surface area contributed by atoms with Crippen molar-refractivity contribution in [3.05, 3.63) is 82.5 Å². The molecular formula is C22H19ClFNO3. The molecule has 4 nitrogen and oxygen atoms in total. The van der Waals surface area contributed by atoms with Gasteiger partial charge in [-0.2, -0.15) is 0 Å². The summed E-state index contributed by atoms with van der Waals surface area (Å²) in [6.45, 7) is 2.17. The number of hydrogen-bond donors (Lipinski definition) is 0. The maximum absolute atomic E-state index is 13.6. The van der Waals surface area contributed by atoms with Gasteiger partial charge in [0.15, 0.2) is 5.76 Å². The SMILES string of the molecule is C[C@H]1CCc2cc(F)ccc2N1C(=O)c1ccc(COc2cccc(Cl)c2)o1. The predicted molar refractivity (Wildman–Crippen MR) is 105 cm³/mol. The lowest BCUT2D eigenvalue weighted by atomic mass is 9.96. The maximum Gasteiger partial charge on any atom is 0.294 e. The maximum atomic E-state index is 13.6. The molecule has 2 aromatic carbocycles. The van der Waals surface area contributed by atoms with Crippen molar-refractivity contribution in [2.75, 3.05) is 4.90 Å². The number of amides is 1. The number of nitrogens with zero attached hydrogens (tertiary/aromatic N) is 1. The van der Waals surface area contributed by atoms with Crippen molar-refractivity contribution in [1.29, 1.82) is 0 Å². The minimum absolute atomic E-state index is 0.00159. The molecule has 0 unspecified atom stereocenters. The first-order valence-electron chi connectivity index (χ1n) is 9.10. The Morgan fingerprint density at radius 2 is 2.11 bits per heavy atom. The fourth-order valence-corrected chi connectivity index (χ4v) is 3.61. The highest BCUT2D eigenvalue weighted by Crippen LogP contribution is 2.32. The summed E-state index contributed by atoms with van der Waals surface area (Å²) < 4.78 is 24.9. The number of anilines is 1. The smallest absolute Gasteiger partial charge is 0.294 e. The fraction of sp³-hybridized carbons (Fsp3) is 0.227. The predicted octanol–water partition coefficient (Wildman–Crippen LogP) is 5.63. The van der Waals surface area contributed by atoms with E-state index in [2.05, 4.69) is 0 Å². The molecule has 0 saturated heterocycles. The summed E-state index contributed by atoms with van der Waals surface area (Å²) in [5, 5.41) is 0.585. The lowest BCUT2D eigenvalue weighted by Crippen LogP contribution is -2.42. The van der Waals surface area contributed by atoms with Crippen molar-refractivity contribution in [2.45, 2.75) is 32.4 Å². The first-order valence-corrected chi connectivity index (χ1v) is 9.48. The summed E-state index contributed by atoms with van der Waals surface area (Å²) in [6, 6.07) is 15.0. The van der Waals surface area contributed by atoms with E-state index in [0.717, 1.165) is 24.1 Å². The minimum Gasteiger partial charge on any atom is -0.486 e. The molecule has 6 heteroatoms. The Bertz CT molecular complexity index is 1020. The van der Waals surface area contributed by atoms with E-state index in [0.29, 0.717) is 16.5 Å². The van der Waals surface area contributed by atoms with E-state index in [9.17, 15) is 9.18 Å². The number of carbonyl (C=O) groups is 1. The van der Waals surface area contributed by atoms with E-state index in [4.69, 9.17) is 20.8 Å². The highest BCUT2D eigenvalue weighted by atomic mass is 35.5. The van der Waals surface area contributed by atoms with Gasteiger partial charge < -0.3 is 14.1 Å². The molecule has 28 heavy (non-hydrogen) atoms. The zero-order chi connectivity index (χ0) is 19.7. The molecule has 0 bridgehead atoms. The normalized spacial score (nSPS) is 16.0. The molecule has 3 aromatic rings. The summed E-state index contributed by atoms with van der Waals surface area (Å²) in [7, 11) is 0. The van der Waals surface area contributed by atoms with Crippen molar-refractivity contribution in [3.8, 4) is 5.75 Å². The molecule has 2 heterocycles. The summed E-state index contributed by atoms with van der Waals surface area (Å²) in [5.74, 6) is 0.853. The van der Waals surface area contributed by atoms with Crippen LogP contribution in [0.25, 0.3) is 0 Å². The van der Waals surface area contributed by atoms with Crippen LogP contribution in [0.3, 0.4) is 0 Å². The number of hydrogen-bond acceptors (Lipinski definition) is 3. The molecule has 1 amide bonds. The molecule has 1 aliphatic rings. The zero-order valence-corrected chi connectivity index (χ0v) is 16.1. The first kappa shape index (κ1) is 18.6. The Balaban J connectivity index is 1.51. The van der Waals surface area contributed by atoms with Crippen LogP contribution in [-0.4, -0.2) is 11.9 Å². The second kappa shape index (κ2) is 7.68. The molecule has 1 aliphatic heterocycles. The van der Waals surface area contributed by atoms with Crippen molar-refractivity contribution in [3.63, 3.8) is 0 Å². The van der Waals surface area contributed by atoms with E-state index in [1.807, 2.05) is 6.92 Å². The summed E-state index contributed by atoms with van der Waals surface area (Å²) in [4.78, 5) is 14.7. The molecule has 0 saturated carbocycles. The molecule has 0 spiro atoms. The third-order valence-corrected chi connectivity index (χ3v) is 5.08. The summed E-state index contributed by atoms with van der Waals surface area (Å²) in [5.41, 5.74) is 1.57. The topological polar surface area (TPSA) is 42.7 Å². The number of carbonyl (C=O) groups excluding carboxylic acids is 1. The van der Waals surface area contributed by atoms with E-state index in [1.54, 1.807) is 47.4 Å². The second-order valence-electron chi connectivity index (χ2n) is 6.85. The van der Waals surface area contributed by atoms with Crippen molar-refractivity contribution >= 4 is 23.2 Å².